The van der Waals surface area contributed by atoms with Crippen LogP contribution in [-0.4, -0.2) is 23.3 Å². The molecule has 0 spiro atoms. The summed E-state index contributed by atoms with van der Waals surface area (Å²) in [6.07, 6.45) is 0.966. The first-order valence-electron chi connectivity index (χ1n) is 6.59. The summed E-state index contributed by atoms with van der Waals surface area (Å²) in [6, 6.07) is 7.82. The summed E-state index contributed by atoms with van der Waals surface area (Å²) in [5, 5.41) is 12.2. The van der Waals surface area contributed by atoms with Gasteiger partial charge in [-0.25, -0.2) is 4.39 Å². The molecule has 0 radical (unpaired) electrons. The lowest BCUT2D eigenvalue weighted by molar-refractivity contribution is -0.141. The molecule has 0 bridgehead atoms. The predicted octanol–water partition coefficient (Wildman–Crippen LogP) is 2.71. The number of alkyl halides is 1. The van der Waals surface area contributed by atoms with Gasteiger partial charge < -0.3 is 10.4 Å². The largest absolute Gasteiger partial charge is 0.481 e. The van der Waals surface area contributed by atoms with Crippen LogP contribution in [0, 0.1) is 5.92 Å². The van der Waals surface area contributed by atoms with Crippen LogP contribution in [0.5, 0.6) is 0 Å². The van der Waals surface area contributed by atoms with Crippen molar-refractivity contribution in [3.05, 3.63) is 35.4 Å². The second-order valence-electron chi connectivity index (χ2n) is 5.87. The van der Waals surface area contributed by atoms with E-state index in [9.17, 15) is 9.18 Å². The second-order valence-corrected chi connectivity index (χ2v) is 5.87. The van der Waals surface area contributed by atoms with Crippen LogP contribution in [0.25, 0.3) is 0 Å². The fraction of sp³-hybridized carbons (Fsp3) is 0.533. The van der Waals surface area contributed by atoms with E-state index in [0.29, 0.717) is 19.4 Å². The number of rotatable bonds is 4. The molecule has 2 unspecified atom stereocenters. The zero-order valence-electron chi connectivity index (χ0n) is 11.3. The summed E-state index contributed by atoms with van der Waals surface area (Å²) in [6.45, 7) is 3.63. The Kier molecular flexibility index (Phi) is 3.90. The number of hydrogen-bond acceptors (Lipinski definition) is 2. The number of nitrogens with one attached hydrogen (secondary N) is 1. The molecule has 104 valence electrons. The molecule has 4 heteroatoms. The number of carboxylic acid groups (broad SMARTS) is 1. The number of benzene rings is 1. The van der Waals surface area contributed by atoms with Crippen LogP contribution in [0.3, 0.4) is 0 Å². The van der Waals surface area contributed by atoms with Gasteiger partial charge in [0.2, 0.25) is 0 Å². The lowest BCUT2D eigenvalue weighted by Crippen LogP contribution is -2.18. The standard InChI is InChI=1S/C15H20FNO2/c1-15(2,16)8-10-4-3-5-11(6-10)13-7-12(9-17-13)14(18)19/h3-6,12-13,17H,7-9H2,1-2H3,(H,18,19). The van der Waals surface area contributed by atoms with E-state index < -0.39 is 11.6 Å². The first-order chi connectivity index (χ1) is 8.85. The molecule has 0 aliphatic carbocycles. The fourth-order valence-corrected chi connectivity index (χ4v) is 2.58. The van der Waals surface area contributed by atoms with E-state index in [-0.39, 0.29) is 12.0 Å². The van der Waals surface area contributed by atoms with Crippen molar-refractivity contribution in [1.29, 1.82) is 0 Å². The third-order valence-electron chi connectivity index (χ3n) is 3.46. The molecule has 1 aliphatic rings. The van der Waals surface area contributed by atoms with Gasteiger partial charge in [0.25, 0.3) is 0 Å². The first-order valence-corrected chi connectivity index (χ1v) is 6.59. The van der Waals surface area contributed by atoms with Gasteiger partial charge in [-0.15, -0.1) is 0 Å². The molecule has 1 fully saturated rings. The predicted molar refractivity (Wildman–Crippen MR) is 71.8 cm³/mol. The summed E-state index contributed by atoms with van der Waals surface area (Å²) in [5.41, 5.74) is 0.766. The maximum atomic E-state index is 13.7. The van der Waals surface area contributed by atoms with Crippen molar-refractivity contribution < 1.29 is 14.3 Å². The zero-order valence-corrected chi connectivity index (χ0v) is 11.3. The molecular weight excluding hydrogens is 245 g/mol. The summed E-state index contributed by atoms with van der Waals surface area (Å²) in [4.78, 5) is 10.9. The Labute approximate surface area is 112 Å². The highest BCUT2D eigenvalue weighted by molar-refractivity contribution is 5.70. The normalized spacial score (nSPS) is 23.5. The van der Waals surface area contributed by atoms with Crippen molar-refractivity contribution >= 4 is 5.97 Å². The van der Waals surface area contributed by atoms with Gasteiger partial charge in [-0.1, -0.05) is 24.3 Å². The smallest absolute Gasteiger partial charge is 0.307 e. The Morgan fingerprint density at radius 1 is 1.53 bits per heavy atom. The minimum atomic E-state index is -1.23. The van der Waals surface area contributed by atoms with E-state index in [1.54, 1.807) is 13.8 Å². The van der Waals surface area contributed by atoms with Crippen molar-refractivity contribution in [1.82, 2.24) is 5.32 Å². The average Bonchev–Trinajstić information content (AvgIpc) is 2.76. The molecule has 2 rings (SSSR count). The third-order valence-corrected chi connectivity index (χ3v) is 3.46. The van der Waals surface area contributed by atoms with Crippen LogP contribution < -0.4 is 5.32 Å². The van der Waals surface area contributed by atoms with Crippen LogP contribution in [0.4, 0.5) is 4.39 Å². The minimum absolute atomic E-state index is 0.0590. The summed E-state index contributed by atoms with van der Waals surface area (Å²) >= 11 is 0. The van der Waals surface area contributed by atoms with Gasteiger partial charge in [-0.05, 0) is 31.4 Å². The molecule has 2 atom stereocenters. The fourth-order valence-electron chi connectivity index (χ4n) is 2.58. The number of carboxylic acids is 1. The van der Waals surface area contributed by atoms with Crippen molar-refractivity contribution in [3.63, 3.8) is 0 Å². The molecular formula is C15H20FNO2. The zero-order chi connectivity index (χ0) is 14.0. The molecule has 19 heavy (non-hydrogen) atoms. The monoisotopic (exact) mass is 265 g/mol. The minimum Gasteiger partial charge on any atom is -0.481 e. The van der Waals surface area contributed by atoms with Gasteiger partial charge in [0.15, 0.2) is 0 Å². The van der Waals surface area contributed by atoms with E-state index in [0.717, 1.165) is 11.1 Å². The molecule has 0 amide bonds. The Bertz CT molecular complexity index is 467. The summed E-state index contributed by atoms with van der Waals surface area (Å²) in [7, 11) is 0. The van der Waals surface area contributed by atoms with Crippen LogP contribution in [0.1, 0.15) is 37.4 Å². The van der Waals surface area contributed by atoms with Gasteiger partial charge in [0, 0.05) is 19.0 Å². The SMILES string of the molecule is CC(C)(F)Cc1cccc(C2CC(C(=O)O)CN2)c1. The second kappa shape index (κ2) is 5.29. The lowest BCUT2D eigenvalue weighted by Gasteiger charge is -2.16. The van der Waals surface area contributed by atoms with E-state index in [1.165, 1.54) is 0 Å². The van der Waals surface area contributed by atoms with Gasteiger partial charge in [-0.2, -0.15) is 0 Å². The maximum absolute atomic E-state index is 13.7. The lowest BCUT2D eigenvalue weighted by atomic mass is 9.95. The maximum Gasteiger partial charge on any atom is 0.307 e. The van der Waals surface area contributed by atoms with Crippen LogP contribution in [-0.2, 0) is 11.2 Å². The molecule has 2 N–H and O–H groups in total. The Morgan fingerprint density at radius 3 is 2.84 bits per heavy atom. The van der Waals surface area contributed by atoms with Crippen molar-refractivity contribution in [3.8, 4) is 0 Å². The van der Waals surface area contributed by atoms with Crippen molar-refractivity contribution in [2.24, 2.45) is 5.92 Å². The van der Waals surface area contributed by atoms with E-state index in [2.05, 4.69) is 5.32 Å². The first kappa shape index (κ1) is 14.0. The van der Waals surface area contributed by atoms with Gasteiger partial charge in [-0.3, -0.25) is 4.79 Å². The van der Waals surface area contributed by atoms with Gasteiger partial charge in [0.1, 0.15) is 5.67 Å². The van der Waals surface area contributed by atoms with Gasteiger partial charge in [0.05, 0.1) is 5.92 Å². The highest BCUT2D eigenvalue weighted by Gasteiger charge is 2.30. The van der Waals surface area contributed by atoms with Crippen molar-refractivity contribution in [2.75, 3.05) is 6.54 Å². The molecule has 1 aromatic carbocycles. The number of aliphatic carboxylic acids is 1. The van der Waals surface area contributed by atoms with Gasteiger partial charge >= 0.3 is 5.97 Å². The van der Waals surface area contributed by atoms with E-state index in [4.69, 9.17) is 5.11 Å². The number of carbonyl (C=O) groups is 1. The van der Waals surface area contributed by atoms with Crippen LogP contribution >= 0.6 is 0 Å². The Morgan fingerprint density at radius 2 is 2.26 bits per heavy atom. The molecule has 1 aromatic rings. The number of halogens is 1. The quantitative estimate of drug-likeness (QED) is 0.880. The molecule has 0 aromatic heterocycles. The molecule has 1 saturated heterocycles. The summed E-state index contributed by atoms with van der Waals surface area (Å²) in [5.74, 6) is -1.08. The molecule has 1 aliphatic heterocycles. The third kappa shape index (κ3) is 3.77. The molecule has 3 nitrogen and oxygen atoms in total. The Balaban J connectivity index is 2.09. The number of hydrogen-bond donors (Lipinski definition) is 2. The highest BCUT2D eigenvalue weighted by Crippen LogP contribution is 2.28. The van der Waals surface area contributed by atoms with Crippen LogP contribution in [0.15, 0.2) is 24.3 Å². The highest BCUT2D eigenvalue weighted by atomic mass is 19.1. The molecule has 1 heterocycles. The summed E-state index contributed by atoms with van der Waals surface area (Å²) < 4.78 is 13.7. The van der Waals surface area contributed by atoms with E-state index >= 15 is 0 Å². The Hall–Kier alpha value is -1.42. The van der Waals surface area contributed by atoms with E-state index in [1.807, 2.05) is 24.3 Å². The average molecular weight is 265 g/mol. The van der Waals surface area contributed by atoms with Crippen molar-refractivity contribution in [2.45, 2.75) is 38.4 Å². The topological polar surface area (TPSA) is 49.3 Å². The molecule has 0 saturated carbocycles. The van der Waals surface area contributed by atoms with Crippen LogP contribution in [0.2, 0.25) is 0 Å².